The highest BCUT2D eigenvalue weighted by Gasteiger charge is 2.27. The van der Waals surface area contributed by atoms with E-state index in [4.69, 9.17) is 9.47 Å². The molecular weight excluding hydrogens is 500 g/mol. The maximum absolute atomic E-state index is 12.1. The Labute approximate surface area is 236 Å². The molecule has 3 aromatic carbocycles. The number of ether oxygens (including phenoxy) is 2. The molecule has 206 valence electrons. The molecule has 0 amide bonds. The van der Waals surface area contributed by atoms with Crippen LogP contribution in [-0.2, 0) is 24.1 Å². The molecule has 5 rings (SSSR count). The van der Waals surface area contributed by atoms with E-state index in [-0.39, 0.29) is 12.0 Å². The summed E-state index contributed by atoms with van der Waals surface area (Å²) >= 11 is 0. The van der Waals surface area contributed by atoms with Crippen molar-refractivity contribution in [1.82, 2.24) is 9.88 Å². The van der Waals surface area contributed by atoms with E-state index < -0.39 is 6.10 Å². The van der Waals surface area contributed by atoms with Crippen molar-refractivity contribution in [2.24, 2.45) is 0 Å². The van der Waals surface area contributed by atoms with E-state index in [0.717, 1.165) is 42.8 Å². The van der Waals surface area contributed by atoms with Crippen molar-refractivity contribution in [3.05, 3.63) is 125 Å². The zero-order chi connectivity index (χ0) is 27.9. The van der Waals surface area contributed by atoms with E-state index in [1.807, 2.05) is 37.3 Å². The molecule has 0 fully saturated rings. The smallest absolute Gasteiger partial charge is 0.338 e. The number of aliphatic hydroxyl groups excluding tert-OH is 1. The van der Waals surface area contributed by atoms with Crippen LogP contribution in [0.4, 0.5) is 0 Å². The van der Waals surface area contributed by atoms with Crippen molar-refractivity contribution >= 4 is 5.97 Å². The second-order valence-corrected chi connectivity index (χ2v) is 10.3. The van der Waals surface area contributed by atoms with Crippen LogP contribution in [0.25, 0.3) is 0 Å². The summed E-state index contributed by atoms with van der Waals surface area (Å²) in [6.07, 6.45) is 3.99. The summed E-state index contributed by atoms with van der Waals surface area (Å²) in [5.74, 6) is 0.975. The number of nitrogens with zero attached hydrogens (tertiary/aromatic N) is 2. The quantitative estimate of drug-likeness (QED) is 0.235. The number of aryl methyl sites for hydroxylation is 2. The first-order valence-corrected chi connectivity index (χ1v) is 13.9. The minimum atomic E-state index is -0.625. The Bertz CT molecular complexity index is 1420. The monoisotopic (exact) mass is 536 g/mol. The Morgan fingerprint density at radius 1 is 1.00 bits per heavy atom. The number of rotatable bonds is 10. The van der Waals surface area contributed by atoms with Gasteiger partial charge in [-0.1, -0.05) is 48.5 Å². The van der Waals surface area contributed by atoms with Crippen LogP contribution in [0.5, 0.6) is 11.5 Å². The molecule has 0 spiro atoms. The number of pyridine rings is 1. The predicted octanol–water partition coefficient (Wildman–Crippen LogP) is 6.45. The molecule has 1 aliphatic rings. The number of fused-ring (bicyclic) bond motifs is 1. The van der Waals surface area contributed by atoms with Crippen molar-refractivity contribution in [2.75, 3.05) is 13.2 Å². The number of esters is 1. The van der Waals surface area contributed by atoms with Gasteiger partial charge in [0.2, 0.25) is 0 Å². The first-order valence-electron chi connectivity index (χ1n) is 13.9. The lowest BCUT2D eigenvalue weighted by atomic mass is 9.87. The van der Waals surface area contributed by atoms with E-state index in [2.05, 4.69) is 46.3 Å². The number of carbonyl (C=O) groups is 1. The van der Waals surface area contributed by atoms with E-state index in [1.165, 1.54) is 16.7 Å². The molecule has 40 heavy (non-hydrogen) atoms. The lowest BCUT2D eigenvalue weighted by molar-refractivity contribution is 0.0526. The minimum absolute atomic E-state index is 0.267. The van der Waals surface area contributed by atoms with Crippen molar-refractivity contribution in [3.8, 4) is 11.5 Å². The van der Waals surface area contributed by atoms with Gasteiger partial charge in [-0.3, -0.25) is 9.88 Å². The topological polar surface area (TPSA) is 71.9 Å². The average molecular weight is 537 g/mol. The van der Waals surface area contributed by atoms with Crippen molar-refractivity contribution < 1.29 is 19.4 Å². The van der Waals surface area contributed by atoms with Gasteiger partial charge >= 0.3 is 5.97 Å². The van der Waals surface area contributed by atoms with E-state index in [9.17, 15) is 9.90 Å². The minimum Gasteiger partial charge on any atom is -0.462 e. The molecule has 0 unspecified atom stereocenters. The van der Waals surface area contributed by atoms with Crippen LogP contribution in [0.3, 0.4) is 0 Å². The number of benzene rings is 3. The fraction of sp³-hybridized carbons (Fsp3) is 0.294. The summed E-state index contributed by atoms with van der Waals surface area (Å²) < 4.78 is 11.3. The van der Waals surface area contributed by atoms with Gasteiger partial charge < -0.3 is 14.6 Å². The molecule has 0 aliphatic heterocycles. The van der Waals surface area contributed by atoms with Crippen molar-refractivity contribution in [3.63, 3.8) is 0 Å². The number of aromatic nitrogens is 1. The summed E-state index contributed by atoms with van der Waals surface area (Å²) in [5, 5.41) is 11.2. The standard InChI is InChI=1S/C34H36N2O4/c1-3-39-34(38)27-10-7-11-31(19-27)40-32-17-15-26-14-16-30(18-29(26)20-32)36(22-25-8-5-4-6-9-25)23-33(37)28-13-12-24(2)35-21-28/h4-13,15,17,19-21,30,33,37H,3,14,16,18,22-23H2,1-2H3/t30-,33-/m0/s1. The molecule has 6 nitrogen and oxygen atoms in total. The number of carbonyl (C=O) groups excluding carboxylic acids is 1. The van der Waals surface area contributed by atoms with Gasteiger partial charge in [0.05, 0.1) is 18.3 Å². The summed E-state index contributed by atoms with van der Waals surface area (Å²) in [7, 11) is 0. The largest absolute Gasteiger partial charge is 0.462 e. The first kappa shape index (κ1) is 27.6. The molecule has 1 heterocycles. The van der Waals surface area contributed by atoms with Gasteiger partial charge in [0.1, 0.15) is 11.5 Å². The van der Waals surface area contributed by atoms with Gasteiger partial charge in [0.25, 0.3) is 0 Å². The highest BCUT2D eigenvalue weighted by molar-refractivity contribution is 5.89. The molecular formula is C34H36N2O4. The van der Waals surface area contributed by atoms with Gasteiger partial charge in [-0.2, -0.15) is 0 Å². The summed E-state index contributed by atoms with van der Waals surface area (Å²) in [5.41, 5.74) is 6.04. The van der Waals surface area contributed by atoms with Crippen LogP contribution in [-0.4, -0.2) is 40.2 Å². The first-order chi connectivity index (χ1) is 19.5. The number of aliphatic hydroxyl groups is 1. The molecule has 0 bridgehead atoms. The summed E-state index contributed by atoms with van der Waals surface area (Å²) in [6, 6.07) is 27.9. The lowest BCUT2D eigenvalue weighted by Crippen LogP contribution is -2.41. The van der Waals surface area contributed by atoms with Crippen LogP contribution in [0.1, 0.15) is 57.8 Å². The maximum Gasteiger partial charge on any atom is 0.338 e. The summed E-state index contributed by atoms with van der Waals surface area (Å²) in [6.45, 7) is 5.35. The van der Waals surface area contributed by atoms with Crippen LogP contribution in [0.2, 0.25) is 0 Å². The highest BCUT2D eigenvalue weighted by Crippen LogP contribution is 2.32. The third-order valence-electron chi connectivity index (χ3n) is 7.43. The maximum atomic E-state index is 12.1. The Kier molecular flexibility index (Phi) is 8.89. The lowest BCUT2D eigenvalue weighted by Gasteiger charge is -2.36. The van der Waals surface area contributed by atoms with E-state index in [0.29, 0.717) is 24.5 Å². The van der Waals surface area contributed by atoms with Gasteiger partial charge in [-0.25, -0.2) is 4.79 Å². The molecule has 4 aromatic rings. The van der Waals surface area contributed by atoms with E-state index >= 15 is 0 Å². The second-order valence-electron chi connectivity index (χ2n) is 10.3. The SMILES string of the molecule is CCOC(=O)c1cccc(Oc2ccc3c(c2)C[C@@H](N(Cc2ccccc2)C[C@H](O)c2ccc(C)nc2)CC3)c1. The van der Waals surface area contributed by atoms with Gasteiger partial charge in [-0.05, 0) is 86.2 Å². The fourth-order valence-corrected chi connectivity index (χ4v) is 5.29. The van der Waals surface area contributed by atoms with E-state index in [1.54, 1.807) is 31.3 Å². The second kappa shape index (κ2) is 12.9. The molecule has 6 heteroatoms. The summed E-state index contributed by atoms with van der Waals surface area (Å²) in [4.78, 5) is 18.9. The normalized spacial score (nSPS) is 15.3. The van der Waals surface area contributed by atoms with Crippen LogP contribution in [0.15, 0.2) is 91.1 Å². The van der Waals surface area contributed by atoms with Gasteiger partial charge in [0.15, 0.2) is 0 Å². The Balaban J connectivity index is 1.34. The predicted molar refractivity (Wildman–Crippen MR) is 156 cm³/mol. The van der Waals surface area contributed by atoms with Gasteiger partial charge in [0, 0.05) is 36.6 Å². The van der Waals surface area contributed by atoms with Gasteiger partial charge in [-0.15, -0.1) is 0 Å². The molecule has 0 saturated carbocycles. The highest BCUT2D eigenvalue weighted by atomic mass is 16.5. The molecule has 1 N–H and O–H groups in total. The Morgan fingerprint density at radius 2 is 1.82 bits per heavy atom. The molecule has 1 aromatic heterocycles. The molecule has 0 radical (unpaired) electrons. The third kappa shape index (κ3) is 6.95. The molecule has 0 saturated heterocycles. The zero-order valence-corrected chi connectivity index (χ0v) is 23.1. The van der Waals surface area contributed by atoms with Crippen LogP contribution < -0.4 is 4.74 Å². The average Bonchev–Trinajstić information content (AvgIpc) is 2.97. The third-order valence-corrected chi connectivity index (χ3v) is 7.43. The van der Waals surface area contributed by atoms with Crippen LogP contribution in [0, 0.1) is 6.92 Å². The van der Waals surface area contributed by atoms with Crippen molar-refractivity contribution in [2.45, 2.75) is 51.8 Å². The zero-order valence-electron chi connectivity index (χ0n) is 23.1. The van der Waals surface area contributed by atoms with Crippen molar-refractivity contribution in [1.29, 1.82) is 0 Å². The fourth-order valence-electron chi connectivity index (χ4n) is 5.29. The molecule has 2 atom stereocenters. The Hall–Kier alpha value is -4.00. The number of hydrogen-bond acceptors (Lipinski definition) is 6. The Morgan fingerprint density at radius 3 is 2.60 bits per heavy atom. The number of hydrogen-bond donors (Lipinski definition) is 1. The van der Waals surface area contributed by atoms with Crippen LogP contribution >= 0.6 is 0 Å². The molecule has 1 aliphatic carbocycles.